The standard InChI is InChI=1S/C21H30N4O3.ClH/c1-3-15-8-10-21(11-9-15)19(27)25(20(28)24-21)14-18(26)23-17-7-5-6-16(12-17)13-22-4-2;/h5-7,12,15,22H,3-4,8-11,13-14H2,1-2H3,(H,23,26)(H,24,28);1H. The van der Waals surface area contributed by atoms with Crippen molar-refractivity contribution in [2.45, 2.75) is 58.0 Å². The Bertz CT molecular complexity index is 747. The zero-order valence-corrected chi connectivity index (χ0v) is 17.9. The van der Waals surface area contributed by atoms with Gasteiger partial charge < -0.3 is 16.0 Å². The Morgan fingerprint density at radius 1 is 1.24 bits per heavy atom. The molecule has 1 spiro atoms. The number of imide groups is 1. The van der Waals surface area contributed by atoms with Gasteiger partial charge in [-0.1, -0.05) is 32.4 Å². The van der Waals surface area contributed by atoms with Crippen LogP contribution in [-0.4, -0.2) is 41.4 Å². The van der Waals surface area contributed by atoms with Gasteiger partial charge in [-0.3, -0.25) is 14.5 Å². The summed E-state index contributed by atoms with van der Waals surface area (Å²) in [6.45, 7) is 5.51. The van der Waals surface area contributed by atoms with E-state index in [1.54, 1.807) is 6.07 Å². The van der Waals surface area contributed by atoms with E-state index in [9.17, 15) is 14.4 Å². The number of urea groups is 1. The number of carbonyl (C=O) groups is 3. The highest BCUT2D eigenvalue weighted by atomic mass is 35.5. The number of hydrogen-bond donors (Lipinski definition) is 3. The maximum absolute atomic E-state index is 12.9. The van der Waals surface area contributed by atoms with Crippen molar-refractivity contribution in [1.82, 2.24) is 15.5 Å². The van der Waals surface area contributed by atoms with Crippen LogP contribution in [0.25, 0.3) is 0 Å². The van der Waals surface area contributed by atoms with Crippen LogP contribution in [0, 0.1) is 5.92 Å². The van der Waals surface area contributed by atoms with Gasteiger partial charge in [0.1, 0.15) is 12.1 Å². The molecule has 0 radical (unpaired) electrons. The molecule has 8 heteroatoms. The molecule has 0 aromatic heterocycles. The first-order valence-corrected chi connectivity index (χ1v) is 10.2. The summed E-state index contributed by atoms with van der Waals surface area (Å²) >= 11 is 0. The van der Waals surface area contributed by atoms with E-state index in [1.165, 1.54) is 0 Å². The molecule has 4 amide bonds. The summed E-state index contributed by atoms with van der Waals surface area (Å²) < 4.78 is 0. The van der Waals surface area contributed by atoms with Gasteiger partial charge in [0.05, 0.1) is 0 Å². The lowest BCUT2D eigenvalue weighted by Crippen LogP contribution is -2.49. The number of rotatable bonds is 7. The summed E-state index contributed by atoms with van der Waals surface area (Å²) in [7, 11) is 0. The topological polar surface area (TPSA) is 90.5 Å². The zero-order chi connectivity index (χ0) is 20.1. The van der Waals surface area contributed by atoms with Gasteiger partial charge in [0.25, 0.3) is 5.91 Å². The van der Waals surface area contributed by atoms with Crippen molar-refractivity contribution >= 4 is 35.9 Å². The molecule has 7 nitrogen and oxygen atoms in total. The lowest BCUT2D eigenvalue weighted by Gasteiger charge is -2.34. The molecule has 2 aliphatic rings. The Labute approximate surface area is 178 Å². The monoisotopic (exact) mass is 422 g/mol. The third-order valence-corrected chi connectivity index (χ3v) is 5.87. The Morgan fingerprint density at radius 2 is 1.97 bits per heavy atom. The highest BCUT2D eigenvalue weighted by Crippen LogP contribution is 2.37. The Kier molecular flexibility index (Phi) is 8.05. The molecule has 1 aliphatic carbocycles. The summed E-state index contributed by atoms with van der Waals surface area (Å²) in [4.78, 5) is 38.8. The van der Waals surface area contributed by atoms with Gasteiger partial charge in [-0.05, 0) is 55.8 Å². The van der Waals surface area contributed by atoms with Gasteiger partial charge in [0, 0.05) is 12.2 Å². The molecule has 0 unspecified atom stereocenters. The van der Waals surface area contributed by atoms with Crippen molar-refractivity contribution < 1.29 is 14.4 Å². The van der Waals surface area contributed by atoms with E-state index in [-0.39, 0.29) is 30.8 Å². The van der Waals surface area contributed by atoms with Crippen molar-refractivity contribution in [3.8, 4) is 0 Å². The fourth-order valence-corrected chi connectivity index (χ4v) is 4.11. The van der Waals surface area contributed by atoms with Crippen molar-refractivity contribution in [3.63, 3.8) is 0 Å². The quantitative estimate of drug-likeness (QED) is 0.589. The summed E-state index contributed by atoms with van der Waals surface area (Å²) in [5.41, 5.74) is 0.904. The molecule has 29 heavy (non-hydrogen) atoms. The third-order valence-electron chi connectivity index (χ3n) is 5.87. The van der Waals surface area contributed by atoms with Gasteiger partial charge >= 0.3 is 6.03 Å². The van der Waals surface area contributed by atoms with E-state index in [4.69, 9.17) is 0 Å². The zero-order valence-electron chi connectivity index (χ0n) is 17.1. The van der Waals surface area contributed by atoms with Crippen molar-refractivity contribution in [3.05, 3.63) is 29.8 Å². The SMILES string of the molecule is CCNCc1cccc(NC(=O)CN2C(=O)NC3(CCC(CC)CC3)C2=O)c1.Cl. The average molecular weight is 423 g/mol. The fourth-order valence-electron chi connectivity index (χ4n) is 4.11. The highest BCUT2D eigenvalue weighted by molar-refractivity contribution is 6.10. The van der Waals surface area contributed by atoms with Crippen molar-refractivity contribution in [2.75, 3.05) is 18.4 Å². The van der Waals surface area contributed by atoms with E-state index in [2.05, 4.69) is 22.9 Å². The maximum Gasteiger partial charge on any atom is 0.325 e. The van der Waals surface area contributed by atoms with Crippen molar-refractivity contribution in [1.29, 1.82) is 0 Å². The largest absolute Gasteiger partial charge is 0.325 e. The average Bonchev–Trinajstić information content (AvgIpc) is 2.91. The highest BCUT2D eigenvalue weighted by Gasteiger charge is 2.52. The second kappa shape index (κ2) is 10.1. The first-order chi connectivity index (χ1) is 13.5. The van der Waals surface area contributed by atoms with E-state index < -0.39 is 11.6 Å². The number of halogens is 1. The number of carbonyl (C=O) groups excluding carboxylic acids is 3. The molecule has 1 aromatic carbocycles. The number of nitrogens with one attached hydrogen (secondary N) is 3. The van der Waals surface area contributed by atoms with Gasteiger partial charge in [-0.15, -0.1) is 12.4 Å². The lowest BCUT2D eigenvalue weighted by molar-refractivity contribution is -0.135. The summed E-state index contributed by atoms with van der Waals surface area (Å²) in [6.07, 6.45) is 4.26. The fraction of sp³-hybridized carbons (Fsp3) is 0.571. The van der Waals surface area contributed by atoms with Crippen LogP contribution in [-0.2, 0) is 16.1 Å². The molecule has 3 N–H and O–H groups in total. The lowest BCUT2D eigenvalue weighted by atomic mass is 9.75. The second-order valence-electron chi connectivity index (χ2n) is 7.78. The van der Waals surface area contributed by atoms with E-state index >= 15 is 0 Å². The van der Waals surface area contributed by atoms with Gasteiger partial charge in [-0.2, -0.15) is 0 Å². The normalized spacial score (nSPS) is 23.7. The number of anilines is 1. The third kappa shape index (κ3) is 5.28. The molecular formula is C21H31ClN4O3. The number of amides is 4. The molecule has 160 valence electrons. The molecule has 3 rings (SSSR count). The Balaban J connectivity index is 0.00000300. The predicted octanol–water partition coefficient (Wildman–Crippen LogP) is 3.05. The number of hydrogen-bond acceptors (Lipinski definition) is 4. The van der Waals surface area contributed by atoms with E-state index in [1.807, 2.05) is 25.1 Å². The maximum atomic E-state index is 12.9. The summed E-state index contributed by atoms with van der Waals surface area (Å²) in [5, 5.41) is 8.90. The number of benzene rings is 1. The van der Waals surface area contributed by atoms with Crippen LogP contribution < -0.4 is 16.0 Å². The van der Waals surface area contributed by atoms with Crippen LogP contribution in [0.2, 0.25) is 0 Å². The second-order valence-corrected chi connectivity index (χ2v) is 7.78. The minimum Gasteiger partial charge on any atom is -0.325 e. The van der Waals surface area contributed by atoms with Crippen molar-refractivity contribution in [2.24, 2.45) is 5.92 Å². The van der Waals surface area contributed by atoms with Crippen LogP contribution in [0.5, 0.6) is 0 Å². The molecule has 2 fully saturated rings. The van der Waals surface area contributed by atoms with Crippen LogP contribution in [0.15, 0.2) is 24.3 Å². The summed E-state index contributed by atoms with van der Waals surface area (Å²) in [6, 6.07) is 7.08. The van der Waals surface area contributed by atoms with Crippen LogP contribution in [0.3, 0.4) is 0 Å². The van der Waals surface area contributed by atoms with Gasteiger partial charge in [-0.25, -0.2) is 4.79 Å². The van der Waals surface area contributed by atoms with Gasteiger partial charge in [0.15, 0.2) is 0 Å². The first kappa shape index (κ1) is 23.2. The van der Waals surface area contributed by atoms with Crippen LogP contribution in [0.4, 0.5) is 10.5 Å². The Hall–Kier alpha value is -2.12. The van der Waals surface area contributed by atoms with E-state index in [0.717, 1.165) is 36.3 Å². The predicted molar refractivity (Wildman–Crippen MR) is 115 cm³/mol. The van der Waals surface area contributed by atoms with Gasteiger partial charge in [0.2, 0.25) is 5.91 Å². The smallest absolute Gasteiger partial charge is 0.325 e. The molecule has 1 heterocycles. The molecule has 1 aromatic rings. The molecule has 1 saturated heterocycles. The minimum atomic E-state index is -0.811. The Morgan fingerprint density at radius 3 is 2.62 bits per heavy atom. The molecule has 0 bridgehead atoms. The summed E-state index contributed by atoms with van der Waals surface area (Å²) in [5.74, 6) is -0.0198. The molecule has 1 aliphatic heterocycles. The minimum absolute atomic E-state index is 0. The molecule has 0 atom stereocenters. The molecular weight excluding hydrogens is 392 g/mol. The van der Waals surface area contributed by atoms with E-state index in [0.29, 0.717) is 31.0 Å². The number of nitrogens with zero attached hydrogens (tertiary/aromatic N) is 1. The van der Waals surface area contributed by atoms with Crippen LogP contribution in [0.1, 0.15) is 51.5 Å². The first-order valence-electron chi connectivity index (χ1n) is 10.2. The van der Waals surface area contributed by atoms with Crippen LogP contribution >= 0.6 is 12.4 Å². The molecule has 1 saturated carbocycles.